The lowest BCUT2D eigenvalue weighted by molar-refractivity contribution is -0.136. The SMILES string of the molecule is Cc1cn(CC2(O)CCN(C(=O)N3CCNC[C@H]3c3ccccc3)CC23CCCC3)c(=O)cn1. The number of aromatic nitrogens is 2. The van der Waals surface area contributed by atoms with Crippen LogP contribution in [0.25, 0.3) is 0 Å². The third-order valence-corrected chi connectivity index (χ3v) is 8.22. The van der Waals surface area contributed by atoms with Crippen molar-refractivity contribution in [3.05, 3.63) is 64.3 Å². The molecule has 1 aromatic heterocycles. The van der Waals surface area contributed by atoms with Gasteiger partial charge < -0.3 is 24.8 Å². The summed E-state index contributed by atoms with van der Waals surface area (Å²) in [5.41, 5.74) is 0.271. The zero-order valence-corrected chi connectivity index (χ0v) is 19.9. The molecule has 2 saturated heterocycles. The highest BCUT2D eigenvalue weighted by atomic mass is 16.3. The van der Waals surface area contributed by atoms with Crippen LogP contribution in [0, 0.1) is 12.3 Å². The molecular formula is C26H35N5O3. The molecule has 1 aliphatic carbocycles. The quantitative estimate of drug-likeness (QED) is 0.726. The smallest absolute Gasteiger partial charge is 0.320 e. The van der Waals surface area contributed by atoms with Gasteiger partial charge in [0.15, 0.2) is 0 Å². The summed E-state index contributed by atoms with van der Waals surface area (Å²) in [5, 5.41) is 15.4. The first-order chi connectivity index (χ1) is 16.4. The zero-order valence-electron chi connectivity index (χ0n) is 19.9. The Morgan fingerprint density at radius 1 is 1.18 bits per heavy atom. The van der Waals surface area contributed by atoms with Crippen molar-refractivity contribution in [1.82, 2.24) is 24.7 Å². The monoisotopic (exact) mass is 465 g/mol. The lowest BCUT2D eigenvalue weighted by atomic mass is 9.66. The van der Waals surface area contributed by atoms with E-state index in [2.05, 4.69) is 22.4 Å². The van der Waals surface area contributed by atoms with Gasteiger partial charge in [0.25, 0.3) is 5.56 Å². The number of urea groups is 1. The van der Waals surface area contributed by atoms with Crippen LogP contribution in [0.5, 0.6) is 0 Å². The molecular weight excluding hydrogens is 430 g/mol. The Morgan fingerprint density at radius 2 is 1.94 bits per heavy atom. The predicted octanol–water partition coefficient (Wildman–Crippen LogP) is 2.32. The number of carbonyl (C=O) groups excluding carboxylic acids is 1. The summed E-state index contributed by atoms with van der Waals surface area (Å²) in [6.45, 7) is 5.30. The highest BCUT2D eigenvalue weighted by Crippen LogP contribution is 2.51. The molecule has 2 N–H and O–H groups in total. The van der Waals surface area contributed by atoms with E-state index in [-0.39, 0.29) is 24.2 Å². The lowest BCUT2D eigenvalue weighted by Crippen LogP contribution is -2.64. The number of hydrogen-bond donors (Lipinski definition) is 2. The number of piperidine rings is 1. The maximum Gasteiger partial charge on any atom is 0.320 e. The fourth-order valence-corrected chi connectivity index (χ4v) is 6.31. The first-order valence-corrected chi connectivity index (χ1v) is 12.5. The highest BCUT2D eigenvalue weighted by Gasteiger charge is 2.56. The molecule has 2 aromatic rings. The molecule has 0 bridgehead atoms. The number of hydrogen-bond acceptors (Lipinski definition) is 5. The number of piperazine rings is 1. The second-order valence-corrected chi connectivity index (χ2v) is 10.3. The van der Waals surface area contributed by atoms with Gasteiger partial charge in [0.2, 0.25) is 0 Å². The van der Waals surface area contributed by atoms with Crippen molar-refractivity contribution in [2.24, 2.45) is 5.41 Å². The summed E-state index contributed by atoms with van der Waals surface area (Å²) in [6.07, 6.45) is 7.34. The van der Waals surface area contributed by atoms with E-state index in [4.69, 9.17) is 0 Å². The van der Waals surface area contributed by atoms with Crippen molar-refractivity contribution in [2.45, 2.75) is 57.2 Å². The van der Waals surface area contributed by atoms with E-state index in [0.29, 0.717) is 26.1 Å². The van der Waals surface area contributed by atoms with E-state index in [9.17, 15) is 14.7 Å². The third kappa shape index (κ3) is 4.14. The molecule has 3 fully saturated rings. The van der Waals surface area contributed by atoms with Crippen LogP contribution in [0.15, 0.2) is 47.5 Å². The van der Waals surface area contributed by atoms with Crippen LogP contribution in [0.1, 0.15) is 49.4 Å². The van der Waals surface area contributed by atoms with E-state index in [1.54, 1.807) is 10.8 Å². The number of nitrogens with zero attached hydrogens (tertiary/aromatic N) is 4. The normalized spacial score (nSPS) is 26.7. The molecule has 34 heavy (non-hydrogen) atoms. The van der Waals surface area contributed by atoms with Gasteiger partial charge in [-0.3, -0.25) is 9.78 Å². The number of likely N-dealkylation sites (tertiary alicyclic amines) is 1. The summed E-state index contributed by atoms with van der Waals surface area (Å²) in [4.78, 5) is 34.3. The Labute approximate surface area is 200 Å². The molecule has 3 heterocycles. The molecule has 2 aliphatic heterocycles. The Hall–Kier alpha value is -2.71. The van der Waals surface area contributed by atoms with Gasteiger partial charge in [-0.1, -0.05) is 43.2 Å². The molecule has 3 aliphatic rings. The third-order valence-electron chi connectivity index (χ3n) is 8.22. The number of carbonyl (C=O) groups is 1. The Bertz CT molecular complexity index is 1080. The maximum absolute atomic E-state index is 13.8. The first kappa shape index (κ1) is 23.1. The van der Waals surface area contributed by atoms with Crippen molar-refractivity contribution in [1.29, 1.82) is 0 Å². The largest absolute Gasteiger partial charge is 0.387 e. The van der Waals surface area contributed by atoms with E-state index in [1.165, 1.54) is 6.20 Å². The van der Waals surface area contributed by atoms with Gasteiger partial charge in [0.1, 0.15) is 0 Å². The Kier molecular flexibility index (Phi) is 6.20. The van der Waals surface area contributed by atoms with Gasteiger partial charge >= 0.3 is 6.03 Å². The van der Waals surface area contributed by atoms with Crippen LogP contribution >= 0.6 is 0 Å². The lowest BCUT2D eigenvalue weighted by Gasteiger charge is -2.53. The van der Waals surface area contributed by atoms with Crippen molar-refractivity contribution in [3.8, 4) is 0 Å². The summed E-state index contributed by atoms with van der Waals surface area (Å²) < 4.78 is 1.60. The number of rotatable bonds is 3. The molecule has 2 atom stereocenters. The molecule has 1 saturated carbocycles. The number of nitrogens with one attached hydrogen (secondary N) is 1. The summed E-state index contributed by atoms with van der Waals surface area (Å²) in [5.74, 6) is 0. The molecule has 1 unspecified atom stereocenters. The molecule has 1 aromatic carbocycles. The topological polar surface area (TPSA) is 90.7 Å². The first-order valence-electron chi connectivity index (χ1n) is 12.5. The summed E-state index contributed by atoms with van der Waals surface area (Å²) in [7, 11) is 0. The minimum absolute atomic E-state index is 0.00107. The maximum atomic E-state index is 13.8. The van der Waals surface area contributed by atoms with Crippen LogP contribution in [-0.4, -0.2) is 68.8 Å². The number of aryl methyl sites for hydroxylation is 1. The molecule has 182 valence electrons. The minimum Gasteiger partial charge on any atom is -0.387 e. The predicted molar refractivity (Wildman–Crippen MR) is 129 cm³/mol. The fourth-order valence-electron chi connectivity index (χ4n) is 6.31. The number of benzene rings is 1. The van der Waals surface area contributed by atoms with Gasteiger partial charge in [-0.05, 0) is 31.7 Å². The van der Waals surface area contributed by atoms with Gasteiger partial charge in [-0.15, -0.1) is 0 Å². The van der Waals surface area contributed by atoms with Crippen molar-refractivity contribution >= 4 is 6.03 Å². The average molecular weight is 466 g/mol. The Morgan fingerprint density at radius 3 is 2.71 bits per heavy atom. The van der Waals surface area contributed by atoms with Gasteiger partial charge in [-0.25, -0.2) is 4.79 Å². The van der Waals surface area contributed by atoms with Gasteiger partial charge in [-0.2, -0.15) is 0 Å². The fraction of sp³-hybridized carbons (Fsp3) is 0.577. The zero-order chi connectivity index (χ0) is 23.8. The highest BCUT2D eigenvalue weighted by molar-refractivity contribution is 5.75. The van der Waals surface area contributed by atoms with Crippen molar-refractivity contribution < 1.29 is 9.90 Å². The molecule has 8 nitrogen and oxygen atoms in total. The van der Waals surface area contributed by atoms with Crippen LogP contribution < -0.4 is 10.9 Å². The van der Waals surface area contributed by atoms with E-state index in [1.807, 2.05) is 34.9 Å². The molecule has 0 radical (unpaired) electrons. The Balaban J connectivity index is 1.39. The summed E-state index contributed by atoms with van der Waals surface area (Å²) >= 11 is 0. The molecule has 1 spiro atoms. The van der Waals surface area contributed by atoms with Crippen LogP contribution in [0.2, 0.25) is 0 Å². The van der Waals surface area contributed by atoms with Crippen LogP contribution in [-0.2, 0) is 6.54 Å². The van der Waals surface area contributed by atoms with Gasteiger partial charge in [0.05, 0.1) is 30.1 Å². The van der Waals surface area contributed by atoms with E-state index < -0.39 is 11.0 Å². The van der Waals surface area contributed by atoms with Gasteiger partial charge in [0, 0.05) is 44.3 Å². The number of aliphatic hydroxyl groups is 1. The van der Waals surface area contributed by atoms with Crippen LogP contribution in [0.3, 0.4) is 0 Å². The number of amides is 2. The standard InChI is InChI=1S/C26H35N5O3/c1-20-17-30(23(32)16-28-20)19-26(34)11-13-29(18-25(26)9-5-6-10-25)24(33)31-14-12-27-15-22(31)21-7-3-2-4-8-21/h2-4,7-8,16-17,22,27,34H,5-6,9-15,18-19H2,1H3/t22-,26?/m0/s1. The molecule has 8 heteroatoms. The van der Waals surface area contributed by atoms with E-state index in [0.717, 1.165) is 50.0 Å². The van der Waals surface area contributed by atoms with Crippen molar-refractivity contribution in [3.63, 3.8) is 0 Å². The second kappa shape index (κ2) is 9.15. The average Bonchev–Trinajstić information content (AvgIpc) is 3.33. The van der Waals surface area contributed by atoms with E-state index >= 15 is 0 Å². The minimum atomic E-state index is -1.03. The van der Waals surface area contributed by atoms with Crippen molar-refractivity contribution in [2.75, 3.05) is 32.7 Å². The summed E-state index contributed by atoms with van der Waals surface area (Å²) in [6, 6.07) is 10.3. The molecule has 2 amide bonds. The van der Waals surface area contributed by atoms with Crippen LogP contribution in [0.4, 0.5) is 4.79 Å². The second-order valence-electron chi connectivity index (χ2n) is 10.3. The molecule has 5 rings (SSSR count).